The zero-order valence-electron chi connectivity index (χ0n) is 11.1. The number of carbonyl (C=O) groups is 1. The Labute approximate surface area is 109 Å². The molecule has 4 heteroatoms. The third kappa shape index (κ3) is 3.96. The first-order valence-corrected chi connectivity index (χ1v) is 6.45. The van der Waals surface area contributed by atoms with E-state index in [0.29, 0.717) is 5.92 Å². The van der Waals surface area contributed by atoms with E-state index in [1.165, 1.54) is 10.5 Å². The first-order chi connectivity index (χ1) is 8.60. The van der Waals surface area contributed by atoms with E-state index < -0.39 is 0 Å². The van der Waals surface area contributed by atoms with Gasteiger partial charge in [-0.1, -0.05) is 18.2 Å². The van der Waals surface area contributed by atoms with Gasteiger partial charge in [-0.05, 0) is 32.1 Å². The number of aliphatic hydroxyl groups excluding tert-OH is 2. The topological polar surface area (TPSA) is 60.8 Å². The minimum absolute atomic E-state index is 0.0572. The third-order valence-electron chi connectivity index (χ3n) is 3.41. The molecule has 0 heterocycles. The van der Waals surface area contributed by atoms with Gasteiger partial charge < -0.3 is 15.1 Å². The van der Waals surface area contributed by atoms with Crippen LogP contribution in [0.25, 0.3) is 0 Å². The number of rotatable bonds is 6. The lowest BCUT2D eigenvalue weighted by molar-refractivity contribution is -0.128. The van der Waals surface area contributed by atoms with Crippen LogP contribution in [0.1, 0.15) is 26.2 Å². The molecule has 1 amide bonds. The molecular weight excluding hydrogens is 230 g/mol. The average molecular weight is 253 g/mol. The van der Waals surface area contributed by atoms with E-state index in [1.54, 1.807) is 0 Å². The van der Waals surface area contributed by atoms with Crippen molar-refractivity contribution < 1.29 is 15.0 Å². The highest BCUT2D eigenvalue weighted by molar-refractivity contribution is 5.93. The Hall–Kier alpha value is -1.13. The molecule has 0 saturated carbocycles. The van der Waals surface area contributed by atoms with Crippen molar-refractivity contribution in [1.82, 2.24) is 4.90 Å². The summed E-state index contributed by atoms with van der Waals surface area (Å²) in [4.78, 5) is 13.7. The van der Waals surface area contributed by atoms with E-state index in [2.05, 4.69) is 6.58 Å². The number of hydrogen-bond acceptors (Lipinski definition) is 3. The minimum atomic E-state index is -0.0760. The zero-order chi connectivity index (χ0) is 13.5. The van der Waals surface area contributed by atoms with Crippen LogP contribution in [0, 0.1) is 5.92 Å². The molecule has 1 aliphatic rings. The van der Waals surface area contributed by atoms with Gasteiger partial charge in [0.1, 0.15) is 0 Å². The maximum atomic E-state index is 12.2. The van der Waals surface area contributed by atoms with Crippen LogP contribution in [0.2, 0.25) is 0 Å². The van der Waals surface area contributed by atoms with E-state index in [4.69, 9.17) is 10.2 Å². The quantitative estimate of drug-likeness (QED) is 0.697. The van der Waals surface area contributed by atoms with E-state index in [0.717, 1.165) is 24.8 Å². The summed E-state index contributed by atoms with van der Waals surface area (Å²) < 4.78 is 0. The maximum absolute atomic E-state index is 12.2. The summed E-state index contributed by atoms with van der Waals surface area (Å²) in [6, 6.07) is 0. The summed E-state index contributed by atoms with van der Waals surface area (Å²) in [6.07, 6.45) is 4.55. The highest BCUT2D eigenvalue weighted by Gasteiger charge is 2.22. The van der Waals surface area contributed by atoms with Crippen molar-refractivity contribution in [2.75, 3.05) is 26.3 Å². The van der Waals surface area contributed by atoms with Crippen molar-refractivity contribution in [2.24, 2.45) is 5.92 Å². The molecule has 0 fully saturated rings. The Bertz CT molecular complexity index is 330. The van der Waals surface area contributed by atoms with E-state index >= 15 is 0 Å². The van der Waals surface area contributed by atoms with E-state index in [9.17, 15) is 4.79 Å². The molecule has 1 aliphatic carbocycles. The Morgan fingerprint density at radius 2 is 2.06 bits per heavy atom. The first-order valence-electron chi connectivity index (χ1n) is 6.45. The maximum Gasteiger partial charge on any atom is 0.249 e. The molecule has 0 aromatic rings. The van der Waals surface area contributed by atoms with Gasteiger partial charge in [0, 0.05) is 18.7 Å². The number of hydrogen-bond donors (Lipinski definition) is 2. The molecule has 1 unspecified atom stereocenters. The second kappa shape index (κ2) is 7.34. The van der Waals surface area contributed by atoms with Crippen LogP contribution in [0.3, 0.4) is 0 Å². The molecule has 0 saturated heterocycles. The number of amides is 1. The van der Waals surface area contributed by atoms with E-state index in [1.807, 2.05) is 13.0 Å². The fourth-order valence-electron chi connectivity index (χ4n) is 2.24. The molecule has 1 atom stereocenters. The van der Waals surface area contributed by atoms with Crippen molar-refractivity contribution in [3.05, 3.63) is 23.8 Å². The molecule has 0 spiro atoms. The summed E-state index contributed by atoms with van der Waals surface area (Å²) in [7, 11) is 0. The summed E-state index contributed by atoms with van der Waals surface area (Å²) in [5.41, 5.74) is 1.97. The normalized spacial score (nSPS) is 19.3. The van der Waals surface area contributed by atoms with Gasteiger partial charge in [0.05, 0.1) is 13.2 Å². The molecule has 0 aromatic carbocycles. The summed E-state index contributed by atoms with van der Waals surface area (Å²) >= 11 is 0. The van der Waals surface area contributed by atoms with Gasteiger partial charge in [0.15, 0.2) is 0 Å². The highest BCUT2D eigenvalue weighted by Crippen LogP contribution is 2.28. The monoisotopic (exact) mass is 253 g/mol. The molecule has 0 radical (unpaired) electrons. The molecule has 0 bridgehead atoms. The smallest absolute Gasteiger partial charge is 0.249 e. The summed E-state index contributed by atoms with van der Waals surface area (Å²) in [5.74, 6) is 0.420. The van der Waals surface area contributed by atoms with Crippen LogP contribution in [0.5, 0.6) is 0 Å². The third-order valence-corrected chi connectivity index (χ3v) is 3.41. The zero-order valence-corrected chi connectivity index (χ0v) is 11.1. The van der Waals surface area contributed by atoms with Crippen LogP contribution in [0.4, 0.5) is 0 Å². The first kappa shape index (κ1) is 14.9. The van der Waals surface area contributed by atoms with Crippen LogP contribution >= 0.6 is 0 Å². The van der Waals surface area contributed by atoms with Crippen molar-refractivity contribution in [3.63, 3.8) is 0 Å². The SMILES string of the molecule is C=C(C)C1CC=C(C(=O)N(CCO)CCO)CC1. The van der Waals surface area contributed by atoms with Crippen LogP contribution < -0.4 is 0 Å². The minimum Gasteiger partial charge on any atom is -0.395 e. The standard InChI is InChI=1S/C14H23NO3/c1-11(2)12-3-5-13(6-4-12)14(18)15(7-9-16)8-10-17/h5,12,16-17H,1,3-4,6-10H2,2H3. The average Bonchev–Trinajstić information content (AvgIpc) is 2.38. The lowest BCUT2D eigenvalue weighted by Crippen LogP contribution is -2.37. The molecule has 18 heavy (non-hydrogen) atoms. The number of aliphatic hydroxyl groups is 2. The molecule has 102 valence electrons. The highest BCUT2D eigenvalue weighted by atomic mass is 16.3. The van der Waals surface area contributed by atoms with Gasteiger partial charge in [-0.3, -0.25) is 4.79 Å². The van der Waals surface area contributed by atoms with Crippen LogP contribution in [-0.2, 0) is 4.79 Å². The molecule has 1 rings (SSSR count). The molecular formula is C14H23NO3. The largest absolute Gasteiger partial charge is 0.395 e. The fourth-order valence-corrected chi connectivity index (χ4v) is 2.24. The van der Waals surface area contributed by atoms with Gasteiger partial charge >= 0.3 is 0 Å². The van der Waals surface area contributed by atoms with Crippen LogP contribution in [0.15, 0.2) is 23.8 Å². The number of carbonyl (C=O) groups excluding carboxylic acids is 1. The van der Waals surface area contributed by atoms with Gasteiger partial charge in [-0.2, -0.15) is 0 Å². The second-order valence-corrected chi connectivity index (χ2v) is 4.79. The van der Waals surface area contributed by atoms with E-state index in [-0.39, 0.29) is 32.2 Å². The second-order valence-electron chi connectivity index (χ2n) is 4.79. The van der Waals surface area contributed by atoms with Gasteiger partial charge in [0.2, 0.25) is 5.91 Å². The Morgan fingerprint density at radius 3 is 2.44 bits per heavy atom. The Kier molecular flexibility index (Phi) is 6.09. The number of allylic oxidation sites excluding steroid dienone is 2. The molecule has 0 aromatic heterocycles. The predicted molar refractivity (Wildman–Crippen MR) is 71.0 cm³/mol. The fraction of sp³-hybridized carbons (Fsp3) is 0.643. The van der Waals surface area contributed by atoms with Crippen molar-refractivity contribution in [3.8, 4) is 0 Å². The Balaban J connectivity index is 2.63. The predicted octanol–water partition coefficient (Wildman–Crippen LogP) is 1.10. The van der Waals surface area contributed by atoms with Crippen molar-refractivity contribution in [2.45, 2.75) is 26.2 Å². The van der Waals surface area contributed by atoms with Gasteiger partial charge in [-0.15, -0.1) is 0 Å². The lowest BCUT2D eigenvalue weighted by Gasteiger charge is -2.26. The molecule has 2 N–H and O–H groups in total. The molecule has 4 nitrogen and oxygen atoms in total. The number of nitrogens with zero attached hydrogens (tertiary/aromatic N) is 1. The van der Waals surface area contributed by atoms with Crippen molar-refractivity contribution in [1.29, 1.82) is 0 Å². The molecule has 0 aliphatic heterocycles. The Morgan fingerprint density at radius 1 is 1.44 bits per heavy atom. The van der Waals surface area contributed by atoms with Crippen LogP contribution in [-0.4, -0.2) is 47.3 Å². The van der Waals surface area contributed by atoms with Gasteiger partial charge in [-0.25, -0.2) is 0 Å². The van der Waals surface area contributed by atoms with Crippen molar-refractivity contribution >= 4 is 5.91 Å². The van der Waals surface area contributed by atoms with Gasteiger partial charge in [0.25, 0.3) is 0 Å². The summed E-state index contributed by atoms with van der Waals surface area (Å²) in [6.45, 7) is 6.38. The lowest BCUT2D eigenvalue weighted by atomic mass is 9.85. The summed E-state index contributed by atoms with van der Waals surface area (Å²) in [5, 5.41) is 17.8.